The van der Waals surface area contributed by atoms with Gasteiger partial charge in [0.1, 0.15) is 0 Å². The van der Waals surface area contributed by atoms with Crippen LogP contribution in [-0.4, -0.2) is 53.6 Å². The minimum atomic E-state index is -0.836. The van der Waals surface area contributed by atoms with Gasteiger partial charge in [-0.15, -0.1) is 0 Å². The third kappa shape index (κ3) is 10.9. The van der Waals surface area contributed by atoms with Crippen molar-refractivity contribution in [2.45, 2.75) is 110 Å². The van der Waals surface area contributed by atoms with Crippen LogP contribution in [-0.2, 0) is 16.1 Å². The zero-order chi connectivity index (χ0) is 29.7. The van der Waals surface area contributed by atoms with Crippen LogP contribution in [0.5, 0.6) is 11.5 Å². The van der Waals surface area contributed by atoms with E-state index in [0.29, 0.717) is 30.4 Å². The van der Waals surface area contributed by atoms with Crippen LogP contribution in [0.3, 0.4) is 0 Å². The Balaban J connectivity index is 0.000000708. The Hall–Kier alpha value is -2.32. The monoisotopic (exact) mass is 563 g/mol. The van der Waals surface area contributed by atoms with Gasteiger partial charge in [0.15, 0.2) is 11.5 Å². The van der Waals surface area contributed by atoms with Gasteiger partial charge in [-0.3, -0.25) is 9.59 Å². The molecule has 8 heteroatoms. The molecule has 7 unspecified atom stereocenters. The molecule has 1 aromatic carbocycles. The Bertz CT molecular complexity index is 907. The summed E-state index contributed by atoms with van der Waals surface area (Å²) in [5.41, 5.74) is 0.887. The highest BCUT2D eigenvalue weighted by Crippen LogP contribution is 2.48. The predicted octanol–water partition coefficient (Wildman–Crippen LogP) is 5.57. The molecule has 40 heavy (non-hydrogen) atoms. The lowest BCUT2D eigenvalue weighted by Gasteiger charge is -2.45. The lowest BCUT2D eigenvalue weighted by Crippen LogP contribution is -2.36. The van der Waals surface area contributed by atoms with E-state index in [1.165, 1.54) is 38.5 Å². The summed E-state index contributed by atoms with van der Waals surface area (Å²) in [4.78, 5) is 22.2. The van der Waals surface area contributed by atoms with Gasteiger partial charge in [-0.25, -0.2) is 0 Å². The molecule has 1 amide bonds. The molecule has 0 heterocycles. The number of carbonyl (C=O) groups is 2. The number of fused-ring (bicyclic) bond motifs is 1. The van der Waals surface area contributed by atoms with E-state index in [9.17, 15) is 19.8 Å². The SMILES string of the molecule is CCC(C)C(=O)O.COc1ccc(CNC(=O)CC(O)CC(O)CCC2C(C)CCC3CCCCC32)cc1OC. The van der Waals surface area contributed by atoms with Crippen LogP contribution in [0.25, 0.3) is 0 Å². The number of amides is 1. The number of hydrogen-bond donors (Lipinski definition) is 4. The average molecular weight is 564 g/mol. The van der Waals surface area contributed by atoms with Crippen LogP contribution in [0.1, 0.15) is 97.0 Å². The summed E-state index contributed by atoms with van der Waals surface area (Å²) in [6.07, 6.45) is 9.45. The molecule has 2 fully saturated rings. The summed E-state index contributed by atoms with van der Waals surface area (Å²) >= 11 is 0. The van der Waals surface area contributed by atoms with Gasteiger partial charge in [0.05, 0.1) is 38.8 Å². The van der Waals surface area contributed by atoms with E-state index in [-0.39, 0.29) is 24.7 Å². The van der Waals surface area contributed by atoms with Gasteiger partial charge in [-0.05, 0) is 79.9 Å². The molecule has 0 aromatic heterocycles. The standard InChI is InChI=1S/C27H43NO5.C5H10O2/c1-18-8-10-20-6-4-5-7-24(20)23(18)12-11-21(29)15-22(30)16-27(31)28-17-19-9-13-25(32-2)26(14-19)33-3;1-3-4(2)5(6)7/h9,13-14,18,20-24,29-30H,4-8,10-12,15-17H2,1-3H3,(H,28,31);4H,3H2,1-2H3,(H,6,7). The molecule has 228 valence electrons. The van der Waals surface area contributed by atoms with Gasteiger partial charge < -0.3 is 30.1 Å². The van der Waals surface area contributed by atoms with Crippen LogP contribution in [0, 0.1) is 29.6 Å². The smallest absolute Gasteiger partial charge is 0.306 e. The van der Waals surface area contributed by atoms with Crippen molar-refractivity contribution in [2.75, 3.05) is 14.2 Å². The summed E-state index contributed by atoms with van der Waals surface area (Å²) in [5, 5.41) is 31.9. The van der Waals surface area contributed by atoms with E-state index in [4.69, 9.17) is 14.6 Å². The zero-order valence-electron chi connectivity index (χ0n) is 25.2. The first-order chi connectivity index (χ1) is 19.1. The number of carboxylic acids is 1. The normalized spacial score (nSPS) is 24.4. The summed E-state index contributed by atoms with van der Waals surface area (Å²) in [6.45, 7) is 6.27. The Morgan fingerprint density at radius 2 is 1.73 bits per heavy atom. The topological polar surface area (TPSA) is 125 Å². The number of aliphatic hydroxyl groups excluding tert-OH is 2. The second-order valence-corrected chi connectivity index (χ2v) is 11.9. The lowest BCUT2D eigenvalue weighted by atomic mass is 9.61. The Morgan fingerprint density at radius 3 is 2.35 bits per heavy atom. The van der Waals surface area contributed by atoms with Crippen molar-refractivity contribution in [3.8, 4) is 11.5 Å². The Morgan fingerprint density at radius 1 is 1.02 bits per heavy atom. The highest BCUT2D eigenvalue weighted by molar-refractivity contribution is 5.76. The van der Waals surface area contributed by atoms with Gasteiger partial charge in [0, 0.05) is 6.54 Å². The van der Waals surface area contributed by atoms with Gasteiger partial charge in [0.25, 0.3) is 0 Å². The van der Waals surface area contributed by atoms with Crippen molar-refractivity contribution in [3.63, 3.8) is 0 Å². The second-order valence-electron chi connectivity index (χ2n) is 11.9. The first-order valence-electron chi connectivity index (χ1n) is 15.2. The molecule has 0 spiro atoms. The molecule has 2 aliphatic rings. The van der Waals surface area contributed by atoms with Crippen LogP contribution in [0.4, 0.5) is 0 Å². The van der Waals surface area contributed by atoms with Gasteiger partial charge in [-0.2, -0.15) is 0 Å². The molecule has 1 aromatic rings. The number of hydrogen-bond acceptors (Lipinski definition) is 6. The number of rotatable bonds is 13. The van der Waals surface area contributed by atoms with Crippen molar-refractivity contribution in [2.24, 2.45) is 29.6 Å². The average Bonchev–Trinajstić information content (AvgIpc) is 2.95. The van der Waals surface area contributed by atoms with E-state index in [0.717, 1.165) is 36.2 Å². The fourth-order valence-electron chi connectivity index (χ4n) is 6.32. The molecule has 4 N–H and O–H groups in total. The largest absolute Gasteiger partial charge is 0.493 e. The van der Waals surface area contributed by atoms with Crippen molar-refractivity contribution in [3.05, 3.63) is 23.8 Å². The van der Waals surface area contributed by atoms with Crippen LogP contribution in [0.2, 0.25) is 0 Å². The highest BCUT2D eigenvalue weighted by Gasteiger charge is 2.38. The number of carboxylic acid groups (broad SMARTS) is 1. The number of ether oxygens (including phenoxy) is 2. The quantitative estimate of drug-likeness (QED) is 0.247. The van der Waals surface area contributed by atoms with E-state index in [1.807, 2.05) is 19.1 Å². The molecular weight excluding hydrogens is 510 g/mol. The van der Waals surface area contributed by atoms with Gasteiger partial charge in [0.2, 0.25) is 5.91 Å². The molecule has 0 saturated heterocycles. The molecule has 2 saturated carbocycles. The molecule has 0 bridgehead atoms. The molecule has 7 atom stereocenters. The summed E-state index contributed by atoms with van der Waals surface area (Å²) in [5.74, 6) is 3.26. The maximum absolute atomic E-state index is 12.3. The van der Waals surface area contributed by atoms with Crippen LogP contribution >= 0.6 is 0 Å². The Labute approximate surface area is 240 Å². The molecule has 0 radical (unpaired) electrons. The van der Waals surface area contributed by atoms with Gasteiger partial charge in [-0.1, -0.05) is 52.5 Å². The molecule has 2 aliphatic carbocycles. The van der Waals surface area contributed by atoms with E-state index in [2.05, 4.69) is 12.2 Å². The minimum absolute atomic E-state index is 0.00508. The summed E-state index contributed by atoms with van der Waals surface area (Å²) < 4.78 is 10.5. The predicted molar refractivity (Wildman–Crippen MR) is 156 cm³/mol. The third-order valence-corrected chi connectivity index (χ3v) is 9.01. The lowest BCUT2D eigenvalue weighted by molar-refractivity contribution is -0.141. The van der Waals surface area contributed by atoms with Crippen molar-refractivity contribution in [1.29, 1.82) is 0 Å². The molecule has 0 aliphatic heterocycles. The summed E-state index contributed by atoms with van der Waals surface area (Å²) in [7, 11) is 3.15. The number of nitrogens with one attached hydrogen (secondary N) is 1. The van der Waals surface area contributed by atoms with Crippen molar-refractivity contribution < 1.29 is 34.4 Å². The maximum Gasteiger partial charge on any atom is 0.306 e. The first kappa shape index (κ1) is 33.9. The van der Waals surface area contributed by atoms with E-state index in [1.54, 1.807) is 27.2 Å². The zero-order valence-corrected chi connectivity index (χ0v) is 25.2. The number of aliphatic carboxylic acids is 1. The Kier molecular flexibility index (Phi) is 14.8. The first-order valence-corrected chi connectivity index (χ1v) is 15.2. The van der Waals surface area contributed by atoms with Crippen molar-refractivity contribution in [1.82, 2.24) is 5.32 Å². The van der Waals surface area contributed by atoms with Crippen molar-refractivity contribution >= 4 is 11.9 Å². The second kappa shape index (κ2) is 17.5. The van der Waals surface area contributed by atoms with Gasteiger partial charge >= 0.3 is 5.97 Å². The van der Waals surface area contributed by atoms with E-state index >= 15 is 0 Å². The van der Waals surface area contributed by atoms with E-state index < -0.39 is 18.2 Å². The molecule has 3 rings (SSSR count). The number of methoxy groups -OCH3 is 2. The van der Waals surface area contributed by atoms with Crippen LogP contribution in [0.15, 0.2) is 18.2 Å². The number of aliphatic hydroxyl groups is 2. The summed E-state index contributed by atoms with van der Waals surface area (Å²) in [6, 6.07) is 5.49. The fourth-order valence-corrected chi connectivity index (χ4v) is 6.32. The minimum Gasteiger partial charge on any atom is -0.493 e. The highest BCUT2D eigenvalue weighted by atomic mass is 16.5. The molecular formula is C32H53NO7. The maximum atomic E-state index is 12.3. The third-order valence-electron chi connectivity index (χ3n) is 9.01. The molecule has 8 nitrogen and oxygen atoms in total. The number of carbonyl (C=O) groups excluding carboxylic acids is 1. The van der Waals surface area contributed by atoms with Crippen LogP contribution < -0.4 is 14.8 Å². The fraction of sp³-hybridized carbons (Fsp3) is 0.750. The number of benzene rings is 1.